The summed E-state index contributed by atoms with van der Waals surface area (Å²) in [4.78, 5) is 41.4. The zero-order valence-corrected chi connectivity index (χ0v) is 13.6. The zero-order valence-electron chi connectivity index (χ0n) is 13.6. The molecule has 128 valence electrons. The van der Waals surface area contributed by atoms with Crippen LogP contribution in [0.5, 0.6) is 11.5 Å². The number of carbonyl (C=O) groups is 3. The van der Waals surface area contributed by atoms with Crippen LogP contribution in [0.3, 0.4) is 0 Å². The summed E-state index contributed by atoms with van der Waals surface area (Å²) in [7, 11) is 2.99. The molecule has 0 bridgehead atoms. The average Bonchev–Trinajstić information content (AvgIpc) is 2.87. The second-order valence-electron chi connectivity index (χ2n) is 5.28. The van der Waals surface area contributed by atoms with Crippen molar-refractivity contribution in [1.82, 2.24) is 5.06 Å². The lowest BCUT2D eigenvalue weighted by Gasteiger charge is -2.13. The maximum absolute atomic E-state index is 12.2. The van der Waals surface area contributed by atoms with Gasteiger partial charge in [-0.1, -0.05) is 23.3 Å². The van der Waals surface area contributed by atoms with Gasteiger partial charge in [-0.2, -0.15) is 0 Å². The van der Waals surface area contributed by atoms with E-state index in [-0.39, 0.29) is 17.5 Å². The molecule has 0 unspecified atom stereocenters. The van der Waals surface area contributed by atoms with E-state index in [4.69, 9.17) is 14.3 Å². The van der Waals surface area contributed by atoms with Crippen molar-refractivity contribution in [1.29, 1.82) is 0 Å². The molecular formula is C18H15NO6. The predicted molar refractivity (Wildman–Crippen MR) is 86.3 cm³/mol. The summed E-state index contributed by atoms with van der Waals surface area (Å²) in [5.74, 6) is -1.04. The Kier molecular flexibility index (Phi) is 4.38. The van der Waals surface area contributed by atoms with Crippen LogP contribution in [-0.2, 0) is 16.1 Å². The Balaban J connectivity index is 1.72. The normalized spacial score (nSPS) is 12.8. The van der Waals surface area contributed by atoms with Crippen molar-refractivity contribution >= 4 is 17.8 Å². The van der Waals surface area contributed by atoms with E-state index >= 15 is 0 Å². The highest BCUT2D eigenvalue weighted by atomic mass is 16.7. The van der Waals surface area contributed by atoms with Gasteiger partial charge >= 0.3 is 5.97 Å². The highest BCUT2D eigenvalue weighted by Gasteiger charge is 2.38. The summed E-state index contributed by atoms with van der Waals surface area (Å²) < 4.78 is 10.3. The standard InChI is InChI=1S/C18H15NO6/c1-23-14-8-7-11(9-15(14)24-2)10-16(20)25-19-17(21)12-5-3-4-6-13(12)18(19)22/h3-9H,10H2,1-2H3. The maximum Gasteiger partial charge on any atom is 0.337 e. The molecule has 7 nitrogen and oxygen atoms in total. The Bertz CT molecular complexity index is 825. The van der Waals surface area contributed by atoms with Crippen LogP contribution in [0.1, 0.15) is 26.3 Å². The minimum absolute atomic E-state index is 0.131. The summed E-state index contributed by atoms with van der Waals surface area (Å²) in [6.45, 7) is 0. The number of imide groups is 1. The van der Waals surface area contributed by atoms with Crippen LogP contribution in [0.4, 0.5) is 0 Å². The summed E-state index contributed by atoms with van der Waals surface area (Å²) in [5.41, 5.74) is 1.03. The number of hydrogen-bond acceptors (Lipinski definition) is 6. The second kappa shape index (κ2) is 6.64. The molecule has 0 fully saturated rings. The van der Waals surface area contributed by atoms with E-state index in [9.17, 15) is 14.4 Å². The van der Waals surface area contributed by atoms with Crippen molar-refractivity contribution in [2.45, 2.75) is 6.42 Å². The molecule has 0 radical (unpaired) electrons. The van der Waals surface area contributed by atoms with Crippen LogP contribution in [0.25, 0.3) is 0 Å². The minimum Gasteiger partial charge on any atom is -0.493 e. The lowest BCUT2D eigenvalue weighted by molar-refractivity contribution is -0.167. The van der Waals surface area contributed by atoms with Crippen LogP contribution in [0.15, 0.2) is 42.5 Å². The fraction of sp³-hybridized carbons (Fsp3) is 0.167. The van der Waals surface area contributed by atoms with Gasteiger partial charge in [0.05, 0.1) is 31.8 Å². The summed E-state index contributed by atoms with van der Waals surface area (Å²) in [5, 5.41) is 0.494. The number of hydrogen-bond donors (Lipinski definition) is 0. The first-order valence-corrected chi connectivity index (χ1v) is 7.44. The molecule has 25 heavy (non-hydrogen) atoms. The van der Waals surface area contributed by atoms with Gasteiger partial charge in [-0.05, 0) is 29.8 Å². The summed E-state index contributed by atoms with van der Waals surface area (Å²) in [6, 6.07) is 11.3. The van der Waals surface area contributed by atoms with Crippen molar-refractivity contribution in [3.05, 3.63) is 59.2 Å². The predicted octanol–water partition coefficient (Wildman–Crippen LogP) is 2.00. The maximum atomic E-state index is 12.2. The van der Waals surface area contributed by atoms with Gasteiger partial charge in [0.25, 0.3) is 11.8 Å². The minimum atomic E-state index is -0.735. The van der Waals surface area contributed by atoms with Crippen molar-refractivity contribution in [3.8, 4) is 11.5 Å². The first kappa shape index (κ1) is 16.5. The molecule has 0 aromatic heterocycles. The van der Waals surface area contributed by atoms with Gasteiger partial charge in [0.2, 0.25) is 0 Å². The lowest BCUT2D eigenvalue weighted by atomic mass is 10.1. The lowest BCUT2D eigenvalue weighted by Crippen LogP contribution is -2.33. The number of carbonyl (C=O) groups excluding carboxylic acids is 3. The van der Waals surface area contributed by atoms with E-state index in [1.807, 2.05) is 0 Å². The molecule has 1 heterocycles. The molecule has 3 rings (SSSR count). The molecule has 0 saturated carbocycles. The van der Waals surface area contributed by atoms with E-state index in [0.717, 1.165) is 0 Å². The number of methoxy groups -OCH3 is 2. The fourth-order valence-electron chi connectivity index (χ4n) is 2.54. The third-order valence-corrected chi connectivity index (χ3v) is 3.75. The quantitative estimate of drug-likeness (QED) is 0.774. The number of nitrogens with zero attached hydrogens (tertiary/aromatic N) is 1. The van der Waals surface area contributed by atoms with Gasteiger partial charge in [0.15, 0.2) is 11.5 Å². The monoisotopic (exact) mass is 341 g/mol. The third kappa shape index (κ3) is 3.03. The largest absolute Gasteiger partial charge is 0.493 e. The molecule has 0 atom stereocenters. The van der Waals surface area contributed by atoms with Gasteiger partial charge in [-0.3, -0.25) is 9.59 Å². The number of rotatable bonds is 5. The Hall–Kier alpha value is -3.35. The van der Waals surface area contributed by atoms with E-state index in [0.29, 0.717) is 22.1 Å². The number of fused-ring (bicyclic) bond motifs is 1. The molecule has 0 N–H and O–H groups in total. The molecule has 2 aromatic carbocycles. The van der Waals surface area contributed by atoms with Gasteiger partial charge in [-0.25, -0.2) is 4.79 Å². The molecule has 1 aliphatic heterocycles. The van der Waals surface area contributed by atoms with Crippen molar-refractivity contribution in [2.24, 2.45) is 0 Å². The molecular weight excluding hydrogens is 326 g/mol. The summed E-state index contributed by atoms with van der Waals surface area (Å²) in [6.07, 6.45) is -0.131. The molecule has 2 aromatic rings. The van der Waals surface area contributed by atoms with Crippen LogP contribution in [0.2, 0.25) is 0 Å². The number of benzene rings is 2. The van der Waals surface area contributed by atoms with E-state index in [2.05, 4.69) is 0 Å². The van der Waals surface area contributed by atoms with Crippen LogP contribution >= 0.6 is 0 Å². The first-order valence-electron chi connectivity index (χ1n) is 7.44. The Morgan fingerprint density at radius 1 is 0.920 bits per heavy atom. The van der Waals surface area contributed by atoms with Crippen LogP contribution < -0.4 is 9.47 Å². The molecule has 0 spiro atoms. The Labute approximate surface area is 143 Å². The molecule has 0 aliphatic carbocycles. The Morgan fingerprint density at radius 3 is 2.08 bits per heavy atom. The molecule has 0 saturated heterocycles. The smallest absolute Gasteiger partial charge is 0.337 e. The first-order chi connectivity index (χ1) is 12.0. The topological polar surface area (TPSA) is 82.1 Å². The SMILES string of the molecule is COc1ccc(CC(=O)ON2C(=O)c3ccccc3C2=O)cc1OC. The van der Waals surface area contributed by atoms with E-state index in [1.54, 1.807) is 30.3 Å². The van der Waals surface area contributed by atoms with Crippen molar-refractivity contribution < 1.29 is 28.7 Å². The van der Waals surface area contributed by atoms with Gasteiger partial charge < -0.3 is 14.3 Å². The Morgan fingerprint density at radius 2 is 1.52 bits per heavy atom. The van der Waals surface area contributed by atoms with Gasteiger partial charge in [0.1, 0.15) is 0 Å². The average molecular weight is 341 g/mol. The third-order valence-electron chi connectivity index (χ3n) is 3.75. The number of ether oxygens (including phenoxy) is 2. The highest BCUT2D eigenvalue weighted by Crippen LogP contribution is 2.28. The molecule has 1 aliphatic rings. The molecule has 2 amide bonds. The number of hydroxylamine groups is 2. The van der Waals surface area contributed by atoms with Crippen molar-refractivity contribution in [3.63, 3.8) is 0 Å². The molecule has 7 heteroatoms. The zero-order chi connectivity index (χ0) is 18.0. The van der Waals surface area contributed by atoms with Crippen LogP contribution in [0, 0.1) is 0 Å². The van der Waals surface area contributed by atoms with Crippen molar-refractivity contribution in [2.75, 3.05) is 14.2 Å². The highest BCUT2D eigenvalue weighted by molar-refractivity contribution is 6.20. The van der Waals surface area contributed by atoms with E-state index in [1.165, 1.54) is 26.4 Å². The van der Waals surface area contributed by atoms with Crippen LogP contribution in [-0.4, -0.2) is 37.1 Å². The fourth-order valence-corrected chi connectivity index (χ4v) is 2.54. The van der Waals surface area contributed by atoms with Gasteiger partial charge in [0, 0.05) is 0 Å². The number of amides is 2. The van der Waals surface area contributed by atoms with Gasteiger partial charge in [-0.15, -0.1) is 0 Å². The second-order valence-corrected chi connectivity index (χ2v) is 5.28. The van der Waals surface area contributed by atoms with E-state index < -0.39 is 17.8 Å². The summed E-state index contributed by atoms with van der Waals surface area (Å²) >= 11 is 0.